The second-order valence-electron chi connectivity index (χ2n) is 4.33. The van der Waals surface area contributed by atoms with Crippen molar-refractivity contribution in [1.29, 1.82) is 0 Å². The van der Waals surface area contributed by atoms with Gasteiger partial charge in [0.05, 0.1) is 11.3 Å². The van der Waals surface area contributed by atoms with E-state index < -0.39 is 21.9 Å². The largest absolute Gasteiger partial charge is 0.416 e. The van der Waals surface area contributed by atoms with Crippen LogP contribution in [0.3, 0.4) is 0 Å². The van der Waals surface area contributed by atoms with Gasteiger partial charge in [-0.3, -0.25) is 4.72 Å². The molecule has 2 rings (SSSR count). The summed E-state index contributed by atoms with van der Waals surface area (Å²) >= 11 is 0. The third-order valence-electron chi connectivity index (χ3n) is 2.85. The van der Waals surface area contributed by atoms with Crippen LogP contribution < -0.4 is 10.0 Å². The monoisotopic (exact) mass is 309 g/mol. The van der Waals surface area contributed by atoms with Crippen LogP contribution >= 0.6 is 0 Å². The zero-order valence-corrected chi connectivity index (χ0v) is 11.3. The predicted molar refractivity (Wildman–Crippen MR) is 68.4 cm³/mol. The van der Waals surface area contributed by atoms with Gasteiger partial charge in [0, 0.05) is 26.2 Å². The summed E-state index contributed by atoms with van der Waals surface area (Å²) in [4.78, 5) is 0. The summed E-state index contributed by atoms with van der Waals surface area (Å²) in [5.41, 5.74) is -0.989. The number of nitrogens with one attached hydrogen (secondary N) is 2. The van der Waals surface area contributed by atoms with E-state index in [1.165, 1.54) is 16.4 Å². The van der Waals surface area contributed by atoms with Gasteiger partial charge < -0.3 is 5.32 Å². The number of hydrogen-bond acceptors (Lipinski definition) is 3. The normalized spacial score (nSPS) is 17.9. The maximum absolute atomic E-state index is 12.6. The standard InChI is InChI=1S/C11H14F3N3O2S/c12-11(13,14)9-2-1-3-10(8-9)16-20(18,19)17-6-4-15-5-7-17/h1-3,8,15-16H,4-7H2. The Kier molecular flexibility index (Phi) is 4.21. The predicted octanol–water partition coefficient (Wildman–Crippen LogP) is 1.27. The summed E-state index contributed by atoms with van der Waals surface area (Å²) in [5.74, 6) is 0. The van der Waals surface area contributed by atoms with Crippen molar-refractivity contribution < 1.29 is 21.6 Å². The molecule has 0 unspecified atom stereocenters. The molecule has 0 saturated carbocycles. The van der Waals surface area contributed by atoms with Crippen LogP contribution in [-0.4, -0.2) is 38.9 Å². The number of halogens is 3. The molecule has 20 heavy (non-hydrogen) atoms. The molecule has 1 aliphatic rings. The molecule has 5 nitrogen and oxygen atoms in total. The minimum absolute atomic E-state index is 0.0987. The van der Waals surface area contributed by atoms with Gasteiger partial charge in [0.2, 0.25) is 0 Å². The van der Waals surface area contributed by atoms with Crippen LogP contribution in [0.5, 0.6) is 0 Å². The Labute approximate surface area is 115 Å². The Bertz CT molecular complexity index is 569. The number of piperazine rings is 1. The molecule has 1 fully saturated rings. The van der Waals surface area contributed by atoms with Gasteiger partial charge >= 0.3 is 16.4 Å². The van der Waals surface area contributed by atoms with Crippen molar-refractivity contribution in [3.63, 3.8) is 0 Å². The molecule has 0 atom stereocenters. The summed E-state index contributed by atoms with van der Waals surface area (Å²) in [7, 11) is -3.82. The quantitative estimate of drug-likeness (QED) is 0.884. The molecule has 1 aromatic rings. The second kappa shape index (κ2) is 5.58. The van der Waals surface area contributed by atoms with E-state index in [4.69, 9.17) is 0 Å². The number of rotatable bonds is 3. The van der Waals surface area contributed by atoms with Crippen molar-refractivity contribution in [2.75, 3.05) is 30.9 Å². The van der Waals surface area contributed by atoms with Crippen LogP contribution in [0.25, 0.3) is 0 Å². The van der Waals surface area contributed by atoms with Gasteiger partial charge in [-0.25, -0.2) is 0 Å². The minimum Gasteiger partial charge on any atom is -0.314 e. The molecule has 112 valence electrons. The number of nitrogens with zero attached hydrogens (tertiary/aromatic N) is 1. The van der Waals surface area contributed by atoms with Gasteiger partial charge in [0.25, 0.3) is 0 Å². The first-order chi connectivity index (χ1) is 9.29. The molecule has 0 aliphatic carbocycles. The fraction of sp³-hybridized carbons (Fsp3) is 0.455. The number of benzene rings is 1. The fourth-order valence-electron chi connectivity index (χ4n) is 1.86. The highest BCUT2D eigenvalue weighted by molar-refractivity contribution is 7.90. The smallest absolute Gasteiger partial charge is 0.314 e. The molecule has 1 heterocycles. The zero-order chi connectivity index (χ0) is 14.8. The second-order valence-corrected chi connectivity index (χ2v) is 6.01. The van der Waals surface area contributed by atoms with Crippen molar-refractivity contribution >= 4 is 15.9 Å². The van der Waals surface area contributed by atoms with Crippen LogP contribution in [0.1, 0.15) is 5.56 Å². The van der Waals surface area contributed by atoms with Crippen molar-refractivity contribution in [1.82, 2.24) is 9.62 Å². The van der Waals surface area contributed by atoms with E-state index in [2.05, 4.69) is 10.0 Å². The van der Waals surface area contributed by atoms with Crippen LogP contribution in [0, 0.1) is 0 Å². The highest BCUT2D eigenvalue weighted by Gasteiger charge is 2.31. The minimum atomic E-state index is -4.50. The lowest BCUT2D eigenvalue weighted by Gasteiger charge is -2.27. The molecule has 0 aromatic heterocycles. The van der Waals surface area contributed by atoms with Gasteiger partial charge in [-0.15, -0.1) is 0 Å². The lowest BCUT2D eigenvalue weighted by molar-refractivity contribution is -0.137. The Hall–Kier alpha value is -1.32. The highest BCUT2D eigenvalue weighted by atomic mass is 32.2. The maximum atomic E-state index is 12.6. The first-order valence-electron chi connectivity index (χ1n) is 5.95. The molecular formula is C11H14F3N3O2S. The molecule has 1 saturated heterocycles. The van der Waals surface area contributed by atoms with Crippen LogP contribution in [0.15, 0.2) is 24.3 Å². The maximum Gasteiger partial charge on any atom is 0.416 e. The Morgan fingerprint density at radius 2 is 1.85 bits per heavy atom. The summed E-state index contributed by atoms with van der Waals surface area (Å²) < 4.78 is 65.1. The van der Waals surface area contributed by atoms with E-state index in [-0.39, 0.29) is 18.8 Å². The van der Waals surface area contributed by atoms with E-state index in [9.17, 15) is 21.6 Å². The van der Waals surface area contributed by atoms with E-state index in [0.717, 1.165) is 12.1 Å². The number of anilines is 1. The average Bonchev–Trinajstić information content (AvgIpc) is 2.38. The molecule has 0 bridgehead atoms. The molecule has 1 aromatic carbocycles. The fourth-order valence-corrected chi connectivity index (χ4v) is 3.07. The van der Waals surface area contributed by atoms with E-state index >= 15 is 0 Å². The summed E-state index contributed by atoms with van der Waals surface area (Å²) in [6, 6.07) is 4.12. The molecule has 9 heteroatoms. The van der Waals surface area contributed by atoms with Crippen molar-refractivity contribution in [2.45, 2.75) is 6.18 Å². The van der Waals surface area contributed by atoms with Gasteiger partial charge in [-0.05, 0) is 18.2 Å². The van der Waals surface area contributed by atoms with Crippen LogP contribution in [0.2, 0.25) is 0 Å². The van der Waals surface area contributed by atoms with Crippen molar-refractivity contribution in [3.05, 3.63) is 29.8 Å². The summed E-state index contributed by atoms with van der Waals surface area (Å²) in [6.45, 7) is 1.61. The SMILES string of the molecule is O=S(=O)(Nc1cccc(C(F)(F)F)c1)N1CCNCC1. The van der Waals surface area contributed by atoms with Gasteiger partial charge in [-0.1, -0.05) is 6.07 Å². The van der Waals surface area contributed by atoms with E-state index in [0.29, 0.717) is 13.1 Å². The molecular weight excluding hydrogens is 295 g/mol. The lowest BCUT2D eigenvalue weighted by atomic mass is 10.2. The zero-order valence-electron chi connectivity index (χ0n) is 10.4. The first kappa shape index (κ1) is 15.1. The molecule has 2 N–H and O–H groups in total. The first-order valence-corrected chi connectivity index (χ1v) is 7.39. The Morgan fingerprint density at radius 3 is 2.45 bits per heavy atom. The summed E-state index contributed by atoms with van der Waals surface area (Å²) in [6.07, 6.45) is -4.50. The highest BCUT2D eigenvalue weighted by Crippen LogP contribution is 2.30. The Balaban J connectivity index is 2.17. The van der Waals surface area contributed by atoms with Gasteiger partial charge in [0.1, 0.15) is 0 Å². The summed E-state index contributed by atoms with van der Waals surface area (Å²) in [5, 5.41) is 3.00. The van der Waals surface area contributed by atoms with E-state index in [1.54, 1.807) is 0 Å². The van der Waals surface area contributed by atoms with Crippen LogP contribution in [0.4, 0.5) is 18.9 Å². The molecule has 0 radical (unpaired) electrons. The number of hydrogen-bond donors (Lipinski definition) is 2. The Morgan fingerprint density at radius 1 is 1.20 bits per heavy atom. The third-order valence-corrected chi connectivity index (χ3v) is 4.39. The third kappa shape index (κ3) is 3.62. The van der Waals surface area contributed by atoms with Gasteiger partial charge in [0.15, 0.2) is 0 Å². The topological polar surface area (TPSA) is 61.4 Å². The molecule has 0 spiro atoms. The lowest BCUT2D eigenvalue weighted by Crippen LogP contribution is -2.48. The van der Waals surface area contributed by atoms with Crippen molar-refractivity contribution in [3.8, 4) is 0 Å². The average molecular weight is 309 g/mol. The van der Waals surface area contributed by atoms with Crippen molar-refractivity contribution in [2.24, 2.45) is 0 Å². The van der Waals surface area contributed by atoms with Crippen LogP contribution in [-0.2, 0) is 16.4 Å². The van der Waals surface area contributed by atoms with Gasteiger partial charge in [-0.2, -0.15) is 25.9 Å². The number of alkyl halides is 3. The van der Waals surface area contributed by atoms with E-state index in [1.807, 2.05) is 0 Å². The molecule has 1 aliphatic heterocycles. The molecule has 0 amide bonds.